The van der Waals surface area contributed by atoms with Crippen molar-refractivity contribution in [1.82, 2.24) is 0 Å². The Morgan fingerprint density at radius 3 is 2.08 bits per heavy atom. The number of carbonyl (C=O) groups is 2. The van der Waals surface area contributed by atoms with E-state index in [1.807, 2.05) is 6.92 Å². The molecule has 0 unspecified atom stereocenters. The van der Waals surface area contributed by atoms with Crippen LogP contribution in [-0.4, -0.2) is 23.1 Å². The van der Waals surface area contributed by atoms with Crippen LogP contribution in [0, 0.1) is 0 Å². The summed E-state index contributed by atoms with van der Waals surface area (Å²) in [5.41, 5.74) is 0. The highest BCUT2D eigenvalue weighted by Crippen LogP contribution is 2.22. The number of ketones is 2. The molecule has 13 heavy (non-hydrogen) atoms. The van der Waals surface area contributed by atoms with E-state index in [4.69, 9.17) is 0 Å². The van der Waals surface area contributed by atoms with Crippen LogP contribution in [-0.2, 0) is 9.59 Å². The van der Waals surface area contributed by atoms with E-state index in [9.17, 15) is 9.59 Å². The molecule has 0 saturated heterocycles. The van der Waals surface area contributed by atoms with Crippen molar-refractivity contribution in [3.05, 3.63) is 0 Å². The average molecular weight is 220 g/mol. The lowest BCUT2D eigenvalue weighted by atomic mass is 10.2. The fourth-order valence-electron chi connectivity index (χ4n) is 0.636. The van der Waals surface area contributed by atoms with Gasteiger partial charge in [0.1, 0.15) is 11.6 Å². The lowest BCUT2D eigenvalue weighted by Gasteiger charge is -1.98. The van der Waals surface area contributed by atoms with Crippen LogP contribution in [0.2, 0.25) is 0 Å². The zero-order valence-corrected chi connectivity index (χ0v) is 9.80. The Balaban J connectivity index is 3.08. The standard InChI is InChI=1S/C9H16O2S2/c1-3-9(11)5-7-13-12-6-4-8(2)10/h3-7H2,1-2H3. The lowest BCUT2D eigenvalue weighted by Crippen LogP contribution is -1.96. The van der Waals surface area contributed by atoms with Gasteiger partial charge in [-0.25, -0.2) is 0 Å². The van der Waals surface area contributed by atoms with Gasteiger partial charge in [0, 0.05) is 30.8 Å². The summed E-state index contributed by atoms with van der Waals surface area (Å²) < 4.78 is 0. The van der Waals surface area contributed by atoms with Gasteiger partial charge < -0.3 is 0 Å². The topological polar surface area (TPSA) is 34.1 Å². The van der Waals surface area contributed by atoms with Crippen molar-refractivity contribution in [1.29, 1.82) is 0 Å². The number of hydrogen-bond acceptors (Lipinski definition) is 4. The molecule has 0 spiro atoms. The van der Waals surface area contributed by atoms with Crippen molar-refractivity contribution < 1.29 is 9.59 Å². The first-order valence-electron chi connectivity index (χ1n) is 4.42. The van der Waals surface area contributed by atoms with Crippen molar-refractivity contribution in [2.75, 3.05) is 11.5 Å². The van der Waals surface area contributed by atoms with E-state index in [1.165, 1.54) is 0 Å². The van der Waals surface area contributed by atoms with Crippen LogP contribution in [0.25, 0.3) is 0 Å². The first-order valence-corrected chi connectivity index (χ1v) is 6.91. The highest BCUT2D eigenvalue weighted by molar-refractivity contribution is 8.76. The van der Waals surface area contributed by atoms with E-state index >= 15 is 0 Å². The molecule has 0 fully saturated rings. The Labute approximate surface area is 87.6 Å². The van der Waals surface area contributed by atoms with Gasteiger partial charge in [-0.1, -0.05) is 28.5 Å². The van der Waals surface area contributed by atoms with E-state index in [2.05, 4.69) is 0 Å². The predicted octanol–water partition coefficient (Wildman–Crippen LogP) is 2.72. The highest BCUT2D eigenvalue weighted by Gasteiger charge is 1.98. The Bertz CT molecular complexity index is 169. The van der Waals surface area contributed by atoms with Crippen LogP contribution in [0.4, 0.5) is 0 Å². The molecule has 0 aromatic rings. The van der Waals surface area contributed by atoms with E-state index in [0.717, 1.165) is 11.5 Å². The molecule has 0 aromatic carbocycles. The smallest absolute Gasteiger partial charge is 0.133 e. The van der Waals surface area contributed by atoms with Crippen LogP contribution >= 0.6 is 21.6 Å². The monoisotopic (exact) mass is 220 g/mol. The molecule has 2 nitrogen and oxygen atoms in total. The summed E-state index contributed by atoms with van der Waals surface area (Å²) in [6, 6.07) is 0. The number of Topliss-reactive ketones (excluding diaryl/α,β-unsaturated/α-hetero) is 2. The largest absolute Gasteiger partial charge is 0.300 e. The number of carbonyl (C=O) groups excluding carboxylic acids is 2. The number of rotatable bonds is 8. The Hall–Kier alpha value is 0.0400. The quantitative estimate of drug-likeness (QED) is 0.465. The molecule has 0 rings (SSSR count). The molecule has 76 valence electrons. The van der Waals surface area contributed by atoms with Crippen LogP contribution in [0.1, 0.15) is 33.1 Å². The Kier molecular flexibility index (Phi) is 8.66. The van der Waals surface area contributed by atoms with Crippen LogP contribution in [0.5, 0.6) is 0 Å². The van der Waals surface area contributed by atoms with Gasteiger partial charge in [-0.15, -0.1) is 0 Å². The molecule has 0 amide bonds. The van der Waals surface area contributed by atoms with Gasteiger partial charge in [-0.3, -0.25) is 9.59 Å². The van der Waals surface area contributed by atoms with Gasteiger partial charge in [-0.2, -0.15) is 0 Å². The van der Waals surface area contributed by atoms with Crippen molar-refractivity contribution >= 4 is 33.2 Å². The maximum Gasteiger partial charge on any atom is 0.133 e. The van der Waals surface area contributed by atoms with Gasteiger partial charge in [0.25, 0.3) is 0 Å². The summed E-state index contributed by atoms with van der Waals surface area (Å²) in [5.74, 6) is 2.28. The summed E-state index contributed by atoms with van der Waals surface area (Å²) >= 11 is 0. The number of hydrogen-bond donors (Lipinski definition) is 0. The van der Waals surface area contributed by atoms with Crippen molar-refractivity contribution in [2.45, 2.75) is 33.1 Å². The van der Waals surface area contributed by atoms with E-state index in [1.54, 1.807) is 28.5 Å². The van der Waals surface area contributed by atoms with E-state index in [-0.39, 0.29) is 5.78 Å². The predicted molar refractivity (Wildman–Crippen MR) is 60.1 cm³/mol. The summed E-state index contributed by atoms with van der Waals surface area (Å²) in [6.07, 6.45) is 1.94. The third kappa shape index (κ3) is 9.96. The molecule has 0 aromatic heterocycles. The second kappa shape index (κ2) is 8.63. The SMILES string of the molecule is CCC(=O)CCSSCCC(C)=O. The minimum atomic E-state index is 0.234. The summed E-state index contributed by atoms with van der Waals surface area (Å²) in [6.45, 7) is 3.49. The van der Waals surface area contributed by atoms with Crippen LogP contribution in [0.3, 0.4) is 0 Å². The lowest BCUT2D eigenvalue weighted by molar-refractivity contribution is -0.118. The molecule has 0 heterocycles. The highest BCUT2D eigenvalue weighted by atomic mass is 33.1. The molecular weight excluding hydrogens is 204 g/mol. The fraction of sp³-hybridized carbons (Fsp3) is 0.778. The fourth-order valence-corrected chi connectivity index (χ4v) is 2.76. The zero-order valence-electron chi connectivity index (χ0n) is 8.17. The normalized spacial score (nSPS) is 10.0. The Morgan fingerprint density at radius 1 is 1.08 bits per heavy atom. The zero-order chi connectivity index (χ0) is 10.1. The van der Waals surface area contributed by atoms with Crippen molar-refractivity contribution in [3.63, 3.8) is 0 Å². The molecular formula is C9H16O2S2. The molecule has 0 aliphatic heterocycles. The molecule has 0 saturated carbocycles. The first-order chi connectivity index (χ1) is 6.16. The van der Waals surface area contributed by atoms with Crippen molar-refractivity contribution in [3.8, 4) is 0 Å². The maximum atomic E-state index is 10.9. The maximum absolute atomic E-state index is 10.9. The van der Waals surface area contributed by atoms with Gasteiger partial charge in [0.15, 0.2) is 0 Å². The van der Waals surface area contributed by atoms with Gasteiger partial charge in [0.2, 0.25) is 0 Å². The van der Waals surface area contributed by atoms with Crippen LogP contribution in [0.15, 0.2) is 0 Å². The first kappa shape index (κ1) is 13.0. The molecule has 0 radical (unpaired) electrons. The molecule has 0 aliphatic carbocycles. The molecule has 0 atom stereocenters. The molecule has 0 aliphatic rings. The summed E-state index contributed by atoms with van der Waals surface area (Å²) in [7, 11) is 3.36. The third-order valence-electron chi connectivity index (χ3n) is 1.48. The minimum absolute atomic E-state index is 0.234. The van der Waals surface area contributed by atoms with Crippen molar-refractivity contribution in [2.24, 2.45) is 0 Å². The van der Waals surface area contributed by atoms with Gasteiger partial charge >= 0.3 is 0 Å². The molecule has 0 bridgehead atoms. The Morgan fingerprint density at radius 2 is 1.62 bits per heavy atom. The van der Waals surface area contributed by atoms with Gasteiger partial charge in [-0.05, 0) is 6.92 Å². The second-order valence-corrected chi connectivity index (χ2v) is 5.44. The van der Waals surface area contributed by atoms with E-state index in [0.29, 0.717) is 25.0 Å². The summed E-state index contributed by atoms with van der Waals surface area (Å²) in [5, 5.41) is 0. The molecule has 4 heteroatoms. The summed E-state index contributed by atoms with van der Waals surface area (Å²) in [4.78, 5) is 21.4. The third-order valence-corrected chi connectivity index (χ3v) is 3.89. The van der Waals surface area contributed by atoms with Gasteiger partial charge in [0.05, 0.1) is 0 Å². The molecule has 0 N–H and O–H groups in total. The van der Waals surface area contributed by atoms with Crippen LogP contribution < -0.4 is 0 Å². The van der Waals surface area contributed by atoms with E-state index < -0.39 is 0 Å². The average Bonchev–Trinajstić information content (AvgIpc) is 2.10. The second-order valence-electron chi connectivity index (χ2n) is 2.74. The minimum Gasteiger partial charge on any atom is -0.300 e.